The molecule has 1 aromatic rings. The van der Waals surface area contributed by atoms with Crippen LogP contribution in [0.4, 0.5) is 26.3 Å². The summed E-state index contributed by atoms with van der Waals surface area (Å²) in [5, 5.41) is 0. The number of rotatable bonds is 6. The van der Waals surface area contributed by atoms with Crippen LogP contribution in [0.25, 0.3) is 0 Å². The van der Waals surface area contributed by atoms with Crippen LogP contribution in [0, 0.1) is 10.7 Å². The number of halogens is 9. The zero-order chi connectivity index (χ0) is 23.7. The molecule has 1 rings (SSSR count). The van der Waals surface area contributed by atoms with Crippen molar-refractivity contribution < 1.29 is 58.4 Å². The van der Waals surface area contributed by atoms with Gasteiger partial charge in [0.25, 0.3) is 10.1 Å². The highest BCUT2D eigenvalue weighted by Gasteiger charge is 2.75. The zero-order valence-corrected chi connectivity index (χ0v) is 21.1. The molecule has 1 N–H and O–H groups in total. The van der Waals surface area contributed by atoms with Gasteiger partial charge < -0.3 is 9.47 Å². The first-order valence-corrected chi connectivity index (χ1v) is 11.8. The van der Waals surface area contributed by atoms with Crippen LogP contribution in [0.1, 0.15) is 6.42 Å². The first-order chi connectivity index (χ1) is 13.3. The fourth-order valence-corrected chi connectivity index (χ4v) is 6.55. The Bertz CT molecular complexity index is 909. The normalized spacial score (nSPS) is 13.1. The minimum absolute atomic E-state index is 0.0924. The standard InChI is InChI=1S/C13H7F6I3O7S/c14-12(15,16)11(13(17,18)19,4-30(25,26)27)29-9(24)3-8(23)28-10-6(21)1-5(20)2-7(10)22/h1-2H,3-4H2,(H,25,26,27). The van der Waals surface area contributed by atoms with Crippen molar-refractivity contribution in [3.8, 4) is 5.75 Å². The van der Waals surface area contributed by atoms with Crippen LogP contribution in [-0.4, -0.2) is 48.6 Å². The van der Waals surface area contributed by atoms with Gasteiger partial charge in [-0.1, -0.05) is 0 Å². The second-order valence-electron chi connectivity index (χ2n) is 5.37. The second-order valence-corrected chi connectivity index (χ2v) is 10.4. The zero-order valence-electron chi connectivity index (χ0n) is 13.8. The van der Waals surface area contributed by atoms with Gasteiger partial charge in [0.15, 0.2) is 5.75 Å². The Balaban J connectivity index is 3.15. The molecule has 0 unspecified atom stereocenters. The van der Waals surface area contributed by atoms with E-state index in [4.69, 9.17) is 9.29 Å². The van der Waals surface area contributed by atoms with E-state index in [0.29, 0.717) is 7.14 Å². The number of hydrogen-bond donors (Lipinski definition) is 1. The number of benzene rings is 1. The number of carbonyl (C=O) groups excluding carboxylic acids is 2. The Morgan fingerprint density at radius 2 is 1.37 bits per heavy atom. The molecule has 0 saturated heterocycles. The molecule has 0 saturated carbocycles. The molecule has 0 aliphatic rings. The number of esters is 2. The van der Waals surface area contributed by atoms with E-state index in [-0.39, 0.29) is 5.75 Å². The van der Waals surface area contributed by atoms with Gasteiger partial charge >= 0.3 is 29.9 Å². The quantitative estimate of drug-likeness (QED) is 0.116. The van der Waals surface area contributed by atoms with E-state index in [1.165, 1.54) is 12.1 Å². The van der Waals surface area contributed by atoms with Crippen molar-refractivity contribution in [2.45, 2.75) is 24.4 Å². The molecule has 30 heavy (non-hydrogen) atoms. The molecule has 0 aliphatic carbocycles. The van der Waals surface area contributed by atoms with Crippen LogP contribution in [-0.2, 0) is 24.4 Å². The molecular weight excluding hydrogens is 795 g/mol. The predicted molar refractivity (Wildman–Crippen MR) is 112 cm³/mol. The van der Waals surface area contributed by atoms with Gasteiger partial charge in [-0.15, -0.1) is 0 Å². The lowest BCUT2D eigenvalue weighted by Crippen LogP contribution is -2.63. The topological polar surface area (TPSA) is 107 Å². The van der Waals surface area contributed by atoms with E-state index in [2.05, 4.69) is 4.74 Å². The van der Waals surface area contributed by atoms with Gasteiger partial charge in [-0.2, -0.15) is 34.8 Å². The van der Waals surface area contributed by atoms with E-state index in [1.807, 2.05) is 22.6 Å². The van der Waals surface area contributed by atoms with Crippen molar-refractivity contribution in [2.75, 3.05) is 5.75 Å². The summed E-state index contributed by atoms with van der Waals surface area (Å²) >= 11 is 5.42. The van der Waals surface area contributed by atoms with Crippen molar-refractivity contribution >= 4 is 89.8 Å². The van der Waals surface area contributed by atoms with Gasteiger partial charge in [0.1, 0.15) is 12.2 Å². The molecule has 17 heteroatoms. The van der Waals surface area contributed by atoms with E-state index in [9.17, 15) is 44.3 Å². The highest BCUT2D eigenvalue weighted by molar-refractivity contribution is 14.1. The van der Waals surface area contributed by atoms with Crippen LogP contribution in [0.3, 0.4) is 0 Å². The smallest absolute Gasteiger partial charge is 0.438 e. The largest absolute Gasteiger partial charge is 0.438 e. The van der Waals surface area contributed by atoms with Crippen molar-refractivity contribution in [1.82, 2.24) is 0 Å². The lowest BCUT2D eigenvalue weighted by atomic mass is 10.1. The van der Waals surface area contributed by atoms with Gasteiger partial charge in [0.2, 0.25) is 0 Å². The lowest BCUT2D eigenvalue weighted by Gasteiger charge is -2.35. The number of alkyl halides is 6. The molecule has 0 radical (unpaired) electrons. The Hall–Kier alpha value is -0.160. The van der Waals surface area contributed by atoms with Crippen LogP contribution in [0.5, 0.6) is 5.75 Å². The van der Waals surface area contributed by atoms with Gasteiger partial charge in [0.05, 0.1) is 7.14 Å². The van der Waals surface area contributed by atoms with Crippen molar-refractivity contribution in [3.63, 3.8) is 0 Å². The fourth-order valence-electron chi connectivity index (χ4n) is 1.85. The fraction of sp³-hybridized carbons (Fsp3) is 0.385. The molecule has 0 heterocycles. The van der Waals surface area contributed by atoms with Crippen LogP contribution < -0.4 is 4.74 Å². The molecule has 0 aliphatic heterocycles. The predicted octanol–water partition coefficient (Wildman–Crippen LogP) is 4.09. The maximum Gasteiger partial charge on any atom is 0.438 e. The lowest BCUT2D eigenvalue weighted by molar-refractivity contribution is -0.361. The maximum atomic E-state index is 13.1. The monoisotopic (exact) mass is 802 g/mol. The number of hydrogen-bond acceptors (Lipinski definition) is 6. The average Bonchev–Trinajstić information content (AvgIpc) is 2.46. The maximum absolute atomic E-state index is 13.1. The van der Waals surface area contributed by atoms with Gasteiger partial charge in [0, 0.05) is 3.57 Å². The molecule has 0 atom stereocenters. The molecule has 0 fully saturated rings. The Kier molecular flexibility index (Phi) is 9.07. The first-order valence-electron chi connectivity index (χ1n) is 6.95. The van der Waals surface area contributed by atoms with Crippen LogP contribution >= 0.6 is 67.8 Å². The van der Waals surface area contributed by atoms with E-state index in [0.717, 1.165) is 3.57 Å². The first kappa shape index (κ1) is 27.9. The molecule has 0 aromatic heterocycles. The molecule has 1 aromatic carbocycles. The molecule has 0 amide bonds. The highest BCUT2D eigenvalue weighted by Crippen LogP contribution is 2.47. The van der Waals surface area contributed by atoms with E-state index >= 15 is 0 Å². The summed E-state index contributed by atoms with van der Waals surface area (Å²) < 4.78 is 118. The third-order valence-corrected chi connectivity index (χ3v) is 6.05. The summed E-state index contributed by atoms with van der Waals surface area (Å²) in [6, 6.07) is 3.07. The second kappa shape index (κ2) is 9.77. The van der Waals surface area contributed by atoms with Gasteiger partial charge in [-0.25, -0.2) is 0 Å². The minimum atomic E-state index is -6.48. The molecule has 0 bridgehead atoms. The van der Waals surface area contributed by atoms with E-state index in [1.54, 1.807) is 45.2 Å². The molecule has 0 spiro atoms. The SMILES string of the molecule is O=C(CC(=O)OC(CS(=O)(=O)O)(C(F)(F)F)C(F)(F)F)Oc1c(I)cc(I)cc1I. The summed E-state index contributed by atoms with van der Waals surface area (Å²) in [5.41, 5.74) is -5.59. The summed E-state index contributed by atoms with van der Waals surface area (Å²) in [6.45, 7) is 0. The van der Waals surface area contributed by atoms with Gasteiger partial charge in [-0.3, -0.25) is 14.1 Å². The summed E-state index contributed by atoms with van der Waals surface area (Å²) in [6.07, 6.45) is -14.7. The minimum Gasteiger partial charge on any atom is -0.438 e. The average molecular weight is 802 g/mol. The van der Waals surface area contributed by atoms with Crippen LogP contribution in [0.2, 0.25) is 0 Å². The Morgan fingerprint density at radius 3 is 1.73 bits per heavy atom. The molecule has 7 nitrogen and oxygen atoms in total. The van der Waals surface area contributed by atoms with Crippen molar-refractivity contribution in [3.05, 3.63) is 22.8 Å². The summed E-state index contributed by atoms with van der Waals surface area (Å²) in [4.78, 5) is 23.5. The Morgan fingerprint density at radius 1 is 0.933 bits per heavy atom. The third kappa shape index (κ3) is 7.18. The van der Waals surface area contributed by atoms with Crippen LogP contribution in [0.15, 0.2) is 12.1 Å². The van der Waals surface area contributed by atoms with Gasteiger partial charge in [-0.05, 0) is 79.9 Å². The van der Waals surface area contributed by atoms with Crippen molar-refractivity contribution in [2.24, 2.45) is 0 Å². The Labute approximate surface area is 205 Å². The number of ether oxygens (including phenoxy) is 2. The molecule has 170 valence electrons. The highest BCUT2D eigenvalue weighted by atomic mass is 127. The third-order valence-electron chi connectivity index (χ3n) is 3.06. The molecular formula is C13H7F6I3O7S. The van der Waals surface area contributed by atoms with E-state index < -0.39 is 52.2 Å². The number of carbonyl (C=O) groups is 2. The summed E-state index contributed by atoms with van der Waals surface area (Å²) in [5.74, 6) is -7.05. The summed E-state index contributed by atoms with van der Waals surface area (Å²) in [7, 11) is -5.92. The van der Waals surface area contributed by atoms with Crippen molar-refractivity contribution in [1.29, 1.82) is 0 Å².